The summed E-state index contributed by atoms with van der Waals surface area (Å²) in [6.07, 6.45) is 2.76. The molecule has 1 aromatic heterocycles. The average molecular weight is 264 g/mol. The fourth-order valence-electron chi connectivity index (χ4n) is 2.07. The smallest absolute Gasteiger partial charge is 0.158 e. The fraction of sp³-hybridized carbons (Fsp3) is 0.714. The van der Waals surface area contributed by atoms with E-state index in [2.05, 4.69) is 27.5 Å². The van der Waals surface area contributed by atoms with Crippen LogP contribution in [0.4, 0.5) is 11.6 Å². The number of ether oxygens (including phenoxy) is 1. The van der Waals surface area contributed by atoms with Crippen LogP contribution in [0, 0.1) is 11.8 Å². The van der Waals surface area contributed by atoms with Crippen LogP contribution < -0.4 is 10.6 Å². The first-order valence-electron chi connectivity index (χ1n) is 7.10. The number of hydrogen-bond donors (Lipinski definition) is 2. The normalized spacial score (nSPS) is 16.2. The highest BCUT2D eigenvalue weighted by Gasteiger charge is 2.27. The molecule has 19 heavy (non-hydrogen) atoms. The van der Waals surface area contributed by atoms with E-state index in [0.717, 1.165) is 29.9 Å². The van der Waals surface area contributed by atoms with Crippen LogP contribution in [0.2, 0.25) is 0 Å². The Morgan fingerprint density at radius 2 is 2.11 bits per heavy atom. The molecule has 1 saturated carbocycles. The van der Waals surface area contributed by atoms with Crippen LogP contribution in [0.15, 0.2) is 6.07 Å². The molecule has 5 nitrogen and oxygen atoms in total. The Kier molecular flexibility index (Phi) is 4.96. The summed E-state index contributed by atoms with van der Waals surface area (Å²) in [6, 6.07) is 1.94. The maximum absolute atomic E-state index is 5.37. The van der Waals surface area contributed by atoms with Crippen LogP contribution in [0.5, 0.6) is 0 Å². The number of hydrogen-bond acceptors (Lipinski definition) is 5. The summed E-state index contributed by atoms with van der Waals surface area (Å²) in [5.74, 6) is 4.03. The van der Waals surface area contributed by atoms with Crippen molar-refractivity contribution in [3.63, 3.8) is 0 Å². The van der Waals surface area contributed by atoms with E-state index in [1.54, 1.807) is 0 Å². The van der Waals surface area contributed by atoms with Crippen molar-refractivity contribution in [2.24, 2.45) is 11.8 Å². The standard InChI is InChI=1S/C14H24N4O/c1-4-19-9-14-17-12(15-3)7-13(18-14)16-8-10(2)11-5-6-11/h7,10-11H,4-6,8-9H2,1-3H3,(H2,15,16,17,18). The Morgan fingerprint density at radius 1 is 1.37 bits per heavy atom. The first-order chi connectivity index (χ1) is 9.22. The van der Waals surface area contributed by atoms with Crippen molar-refractivity contribution in [3.05, 3.63) is 11.9 Å². The molecule has 1 atom stereocenters. The molecule has 0 amide bonds. The first kappa shape index (κ1) is 14.1. The van der Waals surface area contributed by atoms with Gasteiger partial charge < -0.3 is 15.4 Å². The number of aromatic nitrogens is 2. The van der Waals surface area contributed by atoms with E-state index >= 15 is 0 Å². The topological polar surface area (TPSA) is 59.1 Å². The highest BCUT2D eigenvalue weighted by Crippen LogP contribution is 2.36. The Balaban J connectivity index is 1.96. The predicted molar refractivity (Wildman–Crippen MR) is 77.3 cm³/mol. The molecule has 1 aromatic rings. The van der Waals surface area contributed by atoms with E-state index in [9.17, 15) is 0 Å². The molecule has 106 valence electrons. The lowest BCUT2D eigenvalue weighted by atomic mass is 10.1. The summed E-state index contributed by atoms with van der Waals surface area (Å²) in [5.41, 5.74) is 0. The molecule has 0 saturated heterocycles. The maximum atomic E-state index is 5.37. The van der Waals surface area contributed by atoms with Gasteiger partial charge in [-0.25, -0.2) is 9.97 Å². The van der Waals surface area contributed by atoms with Crippen molar-refractivity contribution in [2.45, 2.75) is 33.3 Å². The van der Waals surface area contributed by atoms with Crippen LogP contribution in [0.3, 0.4) is 0 Å². The minimum Gasteiger partial charge on any atom is -0.374 e. The first-order valence-corrected chi connectivity index (χ1v) is 7.10. The van der Waals surface area contributed by atoms with Gasteiger partial charge in [-0.1, -0.05) is 6.92 Å². The minimum atomic E-state index is 0.457. The number of nitrogens with zero attached hydrogens (tertiary/aromatic N) is 2. The summed E-state index contributed by atoms with van der Waals surface area (Å²) < 4.78 is 5.37. The van der Waals surface area contributed by atoms with Gasteiger partial charge in [0.2, 0.25) is 0 Å². The molecule has 0 radical (unpaired) electrons. The van der Waals surface area contributed by atoms with Crippen LogP contribution in [-0.4, -0.2) is 30.2 Å². The van der Waals surface area contributed by atoms with Crippen LogP contribution in [0.25, 0.3) is 0 Å². The summed E-state index contributed by atoms with van der Waals surface area (Å²) >= 11 is 0. The van der Waals surface area contributed by atoms with Crippen molar-refractivity contribution >= 4 is 11.6 Å². The van der Waals surface area contributed by atoms with Crippen molar-refractivity contribution in [2.75, 3.05) is 30.8 Å². The summed E-state index contributed by atoms with van der Waals surface area (Å²) in [6.45, 7) is 6.37. The van der Waals surface area contributed by atoms with E-state index in [-0.39, 0.29) is 0 Å². The second-order valence-corrected chi connectivity index (χ2v) is 5.14. The third-order valence-corrected chi connectivity index (χ3v) is 3.50. The minimum absolute atomic E-state index is 0.457. The average Bonchev–Trinajstić information content (AvgIpc) is 3.26. The number of rotatable bonds is 8. The molecule has 1 aliphatic rings. The van der Waals surface area contributed by atoms with E-state index < -0.39 is 0 Å². The molecular weight excluding hydrogens is 240 g/mol. The predicted octanol–water partition coefficient (Wildman–Crippen LogP) is 2.51. The molecule has 1 heterocycles. The molecule has 0 spiro atoms. The lowest BCUT2D eigenvalue weighted by Gasteiger charge is -2.13. The molecule has 5 heteroatoms. The third kappa shape index (κ3) is 4.35. The van der Waals surface area contributed by atoms with Crippen molar-refractivity contribution in [1.82, 2.24) is 9.97 Å². The van der Waals surface area contributed by atoms with Gasteiger partial charge in [0, 0.05) is 26.3 Å². The van der Waals surface area contributed by atoms with Crippen molar-refractivity contribution < 1.29 is 4.74 Å². The molecular formula is C14H24N4O. The van der Waals surface area contributed by atoms with Crippen LogP contribution in [0.1, 0.15) is 32.5 Å². The highest BCUT2D eigenvalue weighted by atomic mass is 16.5. The summed E-state index contributed by atoms with van der Waals surface area (Å²) in [5, 5.41) is 6.47. The molecule has 1 aliphatic carbocycles. The fourth-order valence-corrected chi connectivity index (χ4v) is 2.07. The SMILES string of the molecule is CCOCc1nc(NC)cc(NCC(C)C2CC2)n1. The van der Waals surface area contributed by atoms with Gasteiger partial charge >= 0.3 is 0 Å². The highest BCUT2D eigenvalue weighted by molar-refractivity contribution is 5.47. The summed E-state index contributed by atoms with van der Waals surface area (Å²) in [7, 11) is 1.86. The van der Waals surface area contributed by atoms with Crippen LogP contribution >= 0.6 is 0 Å². The number of anilines is 2. The van der Waals surface area contributed by atoms with Crippen molar-refractivity contribution in [1.29, 1.82) is 0 Å². The van der Waals surface area contributed by atoms with Gasteiger partial charge in [-0.05, 0) is 31.6 Å². The monoisotopic (exact) mass is 264 g/mol. The van der Waals surface area contributed by atoms with Gasteiger partial charge in [0.1, 0.15) is 18.2 Å². The molecule has 2 N–H and O–H groups in total. The largest absolute Gasteiger partial charge is 0.374 e. The van der Waals surface area contributed by atoms with Gasteiger partial charge in [-0.2, -0.15) is 0 Å². The maximum Gasteiger partial charge on any atom is 0.158 e. The molecule has 1 unspecified atom stereocenters. The lowest BCUT2D eigenvalue weighted by molar-refractivity contribution is 0.128. The third-order valence-electron chi connectivity index (χ3n) is 3.50. The molecule has 1 fully saturated rings. The molecule has 0 aliphatic heterocycles. The van der Waals surface area contributed by atoms with Gasteiger partial charge in [0.25, 0.3) is 0 Å². The second kappa shape index (κ2) is 6.70. The Hall–Kier alpha value is -1.36. The van der Waals surface area contributed by atoms with Gasteiger partial charge in [-0.3, -0.25) is 0 Å². The Morgan fingerprint density at radius 3 is 2.74 bits per heavy atom. The van der Waals surface area contributed by atoms with E-state index in [0.29, 0.717) is 19.1 Å². The van der Waals surface area contributed by atoms with Gasteiger partial charge in [-0.15, -0.1) is 0 Å². The van der Waals surface area contributed by atoms with E-state index in [1.165, 1.54) is 12.8 Å². The Bertz CT molecular complexity index is 406. The molecule has 0 aromatic carbocycles. The second-order valence-electron chi connectivity index (χ2n) is 5.14. The summed E-state index contributed by atoms with van der Waals surface area (Å²) in [4.78, 5) is 8.86. The van der Waals surface area contributed by atoms with E-state index in [4.69, 9.17) is 4.74 Å². The van der Waals surface area contributed by atoms with Gasteiger partial charge in [0.15, 0.2) is 5.82 Å². The number of nitrogens with one attached hydrogen (secondary N) is 2. The van der Waals surface area contributed by atoms with Gasteiger partial charge in [0.05, 0.1) is 0 Å². The zero-order chi connectivity index (χ0) is 13.7. The lowest BCUT2D eigenvalue weighted by Crippen LogP contribution is -2.15. The van der Waals surface area contributed by atoms with Crippen molar-refractivity contribution in [3.8, 4) is 0 Å². The molecule has 2 rings (SSSR count). The zero-order valence-electron chi connectivity index (χ0n) is 12.1. The Labute approximate surface area is 115 Å². The molecule has 0 bridgehead atoms. The van der Waals surface area contributed by atoms with E-state index in [1.807, 2.05) is 20.0 Å². The zero-order valence-corrected chi connectivity index (χ0v) is 12.1. The van der Waals surface area contributed by atoms with Crippen LogP contribution in [-0.2, 0) is 11.3 Å². The quantitative estimate of drug-likeness (QED) is 0.755.